The van der Waals surface area contributed by atoms with Crippen LogP contribution < -0.4 is 5.32 Å². The number of aliphatic hydroxyl groups excluding tert-OH is 1. The van der Waals surface area contributed by atoms with E-state index in [1.54, 1.807) is 7.11 Å². The van der Waals surface area contributed by atoms with Gasteiger partial charge in [-0.1, -0.05) is 12.8 Å². The molecular formula is C13H25N3O2. The summed E-state index contributed by atoms with van der Waals surface area (Å²) in [6, 6.07) is 0. The molecule has 0 atom stereocenters. The van der Waals surface area contributed by atoms with Crippen molar-refractivity contribution in [3.63, 3.8) is 0 Å². The topological polar surface area (TPSA) is 59.3 Å². The van der Waals surface area contributed by atoms with Gasteiger partial charge in [-0.05, 0) is 12.8 Å². The van der Waals surface area contributed by atoms with Crippen LogP contribution in [0.5, 0.6) is 0 Å². The Morgan fingerprint density at radius 1 is 1.33 bits per heavy atom. The number of unbranched alkanes of at least 4 members (excludes halogenated alkanes) is 3. The number of nitrogens with one attached hydrogen (secondary N) is 1. The molecule has 5 heteroatoms. The van der Waals surface area contributed by atoms with Gasteiger partial charge in [0.1, 0.15) is 5.82 Å². The molecule has 0 radical (unpaired) electrons. The van der Waals surface area contributed by atoms with Crippen LogP contribution in [-0.2, 0) is 17.8 Å². The van der Waals surface area contributed by atoms with Crippen molar-refractivity contribution in [3.05, 3.63) is 18.2 Å². The third kappa shape index (κ3) is 6.14. The molecule has 0 amide bonds. The zero-order valence-corrected chi connectivity index (χ0v) is 11.3. The summed E-state index contributed by atoms with van der Waals surface area (Å²) in [5, 5.41) is 12.0. The molecule has 0 bridgehead atoms. The van der Waals surface area contributed by atoms with Crippen LogP contribution >= 0.6 is 0 Å². The lowest BCUT2D eigenvalue weighted by Crippen LogP contribution is -2.21. The Bertz CT molecular complexity index is 302. The van der Waals surface area contributed by atoms with Crippen LogP contribution in [0.1, 0.15) is 31.5 Å². The van der Waals surface area contributed by atoms with Crippen molar-refractivity contribution in [2.24, 2.45) is 0 Å². The normalized spacial score (nSPS) is 11.0. The van der Waals surface area contributed by atoms with E-state index in [1.807, 2.05) is 12.4 Å². The second-order valence-electron chi connectivity index (χ2n) is 4.34. The molecule has 0 unspecified atom stereocenters. The van der Waals surface area contributed by atoms with Gasteiger partial charge >= 0.3 is 0 Å². The van der Waals surface area contributed by atoms with Gasteiger partial charge in [0, 0.05) is 39.2 Å². The van der Waals surface area contributed by atoms with Gasteiger partial charge in [-0.3, -0.25) is 0 Å². The Kier molecular flexibility index (Phi) is 8.46. The third-order valence-electron chi connectivity index (χ3n) is 2.87. The Balaban J connectivity index is 2.18. The highest BCUT2D eigenvalue weighted by molar-refractivity contribution is 4.91. The Hall–Kier alpha value is -0.910. The van der Waals surface area contributed by atoms with Crippen LogP contribution in [0.25, 0.3) is 0 Å². The van der Waals surface area contributed by atoms with E-state index in [4.69, 9.17) is 9.84 Å². The van der Waals surface area contributed by atoms with Crippen molar-refractivity contribution in [1.82, 2.24) is 14.9 Å². The molecule has 1 aromatic rings. The van der Waals surface area contributed by atoms with Gasteiger partial charge in [0.2, 0.25) is 0 Å². The van der Waals surface area contributed by atoms with E-state index in [2.05, 4.69) is 14.9 Å². The first kappa shape index (κ1) is 15.1. The summed E-state index contributed by atoms with van der Waals surface area (Å²) in [6.07, 6.45) is 8.19. The number of rotatable bonds is 11. The average Bonchev–Trinajstić information content (AvgIpc) is 2.82. The molecule has 0 aliphatic heterocycles. The second-order valence-corrected chi connectivity index (χ2v) is 4.34. The Morgan fingerprint density at radius 3 is 2.94 bits per heavy atom. The summed E-state index contributed by atoms with van der Waals surface area (Å²) >= 11 is 0. The lowest BCUT2D eigenvalue weighted by Gasteiger charge is -2.08. The molecule has 0 saturated carbocycles. The van der Waals surface area contributed by atoms with Gasteiger partial charge in [0.15, 0.2) is 0 Å². The van der Waals surface area contributed by atoms with Gasteiger partial charge in [-0.2, -0.15) is 0 Å². The van der Waals surface area contributed by atoms with Gasteiger partial charge in [-0.15, -0.1) is 0 Å². The lowest BCUT2D eigenvalue weighted by molar-refractivity contribution is 0.198. The van der Waals surface area contributed by atoms with E-state index in [9.17, 15) is 0 Å². The predicted octanol–water partition coefficient (Wildman–Crippen LogP) is 1.17. The van der Waals surface area contributed by atoms with Crippen molar-refractivity contribution in [3.8, 4) is 0 Å². The minimum absolute atomic E-state index is 0.305. The summed E-state index contributed by atoms with van der Waals surface area (Å²) in [6.45, 7) is 3.67. The summed E-state index contributed by atoms with van der Waals surface area (Å²) < 4.78 is 7.18. The zero-order chi connectivity index (χ0) is 13.1. The van der Waals surface area contributed by atoms with Crippen LogP contribution in [-0.4, -0.2) is 41.5 Å². The first-order valence-corrected chi connectivity index (χ1v) is 6.69. The maximum absolute atomic E-state index is 8.70. The number of imidazole rings is 1. The molecule has 0 spiro atoms. The number of nitrogens with zero attached hydrogens (tertiary/aromatic N) is 2. The minimum atomic E-state index is 0.305. The van der Waals surface area contributed by atoms with E-state index < -0.39 is 0 Å². The van der Waals surface area contributed by atoms with Gasteiger partial charge < -0.3 is 19.7 Å². The molecule has 1 heterocycles. The minimum Gasteiger partial charge on any atom is -0.396 e. The fraction of sp³-hybridized carbons (Fsp3) is 0.769. The standard InChI is InChI=1S/C13H25N3O2/c1-18-11-7-14-12-13-15-6-9-16(13)8-4-2-3-5-10-17/h6,9,14,17H,2-5,7-8,10-12H2,1H3. The van der Waals surface area contributed by atoms with Crippen molar-refractivity contribution in [2.45, 2.75) is 38.8 Å². The summed E-state index contributed by atoms with van der Waals surface area (Å²) in [5.74, 6) is 1.08. The highest BCUT2D eigenvalue weighted by Crippen LogP contribution is 2.04. The van der Waals surface area contributed by atoms with Crippen molar-refractivity contribution in [2.75, 3.05) is 26.9 Å². The lowest BCUT2D eigenvalue weighted by atomic mass is 10.2. The average molecular weight is 255 g/mol. The van der Waals surface area contributed by atoms with Crippen LogP contribution in [0.4, 0.5) is 0 Å². The second kappa shape index (κ2) is 10.1. The summed E-state index contributed by atoms with van der Waals surface area (Å²) in [7, 11) is 1.70. The van der Waals surface area contributed by atoms with E-state index in [-0.39, 0.29) is 0 Å². The fourth-order valence-electron chi connectivity index (χ4n) is 1.83. The van der Waals surface area contributed by atoms with Crippen LogP contribution in [0.3, 0.4) is 0 Å². The largest absolute Gasteiger partial charge is 0.396 e. The fourth-order valence-corrected chi connectivity index (χ4v) is 1.83. The molecule has 0 aliphatic rings. The SMILES string of the molecule is COCCNCc1nccn1CCCCCCO. The zero-order valence-electron chi connectivity index (χ0n) is 11.3. The van der Waals surface area contributed by atoms with E-state index in [1.165, 1.54) is 0 Å². The van der Waals surface area contributed by atoms with Gasteiger partial charge in [0.25, 0.3) is 0 Å². The number of methoxy groups -OCH3 is 1. The molecule has 18 heavy (non-hydrogen) atoms. The van der Waals surface area contributed by atoms with Crippen LogP contribution in [0.2, 0.25) is 0 Å². The molecule has 0 saturated heterocycles. The number of hydrogen-bond acceptors (Lipinski definition) is 4. The summed E-state index contributed by atoms with van der Waals surface area (Å²) in [4.78, 5) is 4.35. The van der Waals surface area contributed by atoms with E-state index in [0.717, 1.165) is 57.7 Å². The van der Waals surface area contributed by atoms with Gasteiger partial charge in [0.05, 0.1) is 13.2 Å². The maximum Gasteiger partial charge on any atom is 0.122 e. The van der Waals surface area contributed by atoms with Gasteiger partial charge in [-0.25, -0.2) is 4.98 Å². The molecule has 1 aromatic heterocycles. The number of aryl methyl sites for hydroxylation is 1. The van der Waals surface area contributed by atoms with Crippen molar-refractivity contribution < 1.29 is 9.84 Å². The first-order valence-electron chi connectivity index (χ1n) is 6.69. The van der Waals surface area contributed by atoms with Crippen molar-refractivity contribution >= 4 is 0 Å². The van der Waals surface area contributed by atoms with E-state index >= 15 is 0 Å². The Labute approximate surface area is 109 Å². The Morgan fingerprint density at radius 2 is 2.17 bits per heavy atom. The molecule has 5 nitrogen and oxygen atoms in total. The smallest absolute Gasteiger partial charge is 0.122 e. The predicted molar refractivity (Wildman–Crippen MR) is 71.4 cm³/mol. The number of aliphatic hydroxyl groups is 1. The molecule has 0 aliphatic carbocycles. The molecule has 104 valence electrons. The number of aromatic nitrogens is 2. The first-order chi connectivity index (χ1) is 8.88. The number of hydrogen-bond donors (Lipinski definition) is 2. The molecule has 0 fully saturated rings. The quantitative estimate of drug-likeness (QED) is 0.583. The third-order valence-corrected chi connectivity index (χ3v) is 2.87. The maximum atomic E-state index is 8.70. The van der Waals surface area contributed by atoms with Crippen LogP contribution in [0, 0.1) is 0 Å². The number of ether oxygens (including phenoxy) is 1. The van der Waals surface area contributed by atoms with Crippen molar-refractivity contribution in [1.29, 1.82) is 0 Å². The highest BCUT2D eigenvalue weighted by Gasteiger charge is 2.01. The van der Waals surface area contributed by atoms with E-state index in [0.29, 0.717) is 6.61 Å². The molecule has 0 aromatic carbocycles. The highest BCUT2D eigenvalue weighted by atomic mass is 16.5. The molecule has 1 rings (SSSR count). The summed E-state index contributed by atoms with van der Waals surface area (Å²) in [5.41, 5.74) is 0. The monoisotopic (exact) mass is 255 g/mol. The van der Waals surface area contributed by atoms with Crippen LogP contribution in [0.15, 0.2) is 12.4 Å². The molecular weight excluding hydrogens is 230 g/mol. The molecule has 2 N–H and O–H groups in total.